The number of benzene rings is 1. The van der Waals surface area contributed by atoms with Gasteiger partial charge in [0.05, 0.1) is 12.1 Å². The van der Waals surface area contributed by atoms with Crippen LogP contribution in [0.1, 0.15) is 24.0 Å². The van der Waals surface area contributed by atoms with Gasteiger partial charge in [-0.25, -0.2) is 0 Å². The Labute approximate surface area is 107 Å². The molecule has 0 atom stereocenters. The van der Waals surface area contributed by atoms with Gasteiger partial charge < -0.3 is 8.98 Å². The summed E-state index contributed by atoms with van der Waals surface area (Å²) in [5.74, 6) is 1.98. The lowest BCUT2D eigenvalue weighted by Gasteiger charge is -2.07. The van der Waals surface area contributed by atoms with Gasteiger partial charge in [-0.1, -0.05) is 25.1 Å². The van der Waals surface area contributed by atoms with Gasteiger partial charge in [0.2, 0.25) is 0 Å². The number of aromatic nitrogens is 1. The Bertz CT molecular complexity index is 675. The lowest BCUT2D eigenvalue weighted by Crippen LogP contribution is -1.98. The predicted octanol–water partition coefficient (Wildman–Crippen LogP) is 4.15. The SMILES string of the molecule is CCc1cccc2ccn(Cc3ccc(C)o3)c12. The molecule has 0 spiro atoms. The molecule has 0 aliphatic rings. The van der Waals surface area contributed by atoms with E-state index in [1.165, 1.54) is 16.5 Å². The maximum atomic E-state index is 5.66. The molecule has 2 heteroatoms. The first kappa shape index (κ1) is 11.1. The highest BCUT2D eigenvalue weighted by atomic mass is 16.3. The van der Waals surface area contributed by atoms with Crippen molar-refractivity contribution in [3.63, 3.8) is 0 Å². The van der Waals surface area contributed by atoms with E-state index in [-0.39, 0.29) is 0 Å². The molecule has 2 aromatic heterocycles. The van der Waals surface area contributed by atoms with Crippen molar-refractivity contribution in [1.82, 2.24) is 4.57 Å². The van der Waals surface area contributed by atoms with Crippen molar-refractivity contribution >= 4 is 10.9 Å². The van der Waals surface area contributed by atoms with Gasteiger partial charge in [-0.15, -0.1) is 0 Å². The molecule has 0 aliphatic heterocycles. The first-order chi connectivity index (χ1) is 8.78. The molecule has 0 saturated heterocycles. The second-order valence-electron chi connectivity index (χ2n) is 4.66. The highest BCUT2D eigenvalue weighted by Gasteiger charge is 2.07. The van der Waals surface area contributed by atoms with Gasteiger partial charge in [0, 0.05) is 6.20 Å². The Kier molecular flexibility index (Phi) is 2.71. The fraction of sp³-hybridized carbons (Fsp3) is 0.250. The van der Waals surface area contributed by atoms with Gasteiger partial charge in [0.1, 0.15) is 11.5 Å². The number of para-hydroxylation sites is 1. The molecular formula is C16H17NO. The zero-order valence-corrected chi connectivity index (χ0v) is 10.8. The number of aryl methyl sites for hydroxylation is 2. The fourth-order valence-electron chi connectivity index (χ4n) is 2.50. The van der Waals surface area contributed by atoms with Gasteiger partial charge in [0.25, 0.3) is 0 Å². The van der Waals surface area contributed by atoms with E-state index in [9.17, 15) is 0 Å². The maximum Gasteiger partial charge on any atom is 0.123 e. The van der Waals surface area contributed by atoms with E-state index in [1.807, 2.05) is 13.0 Å². The van der Waals surface area contributed by atoms with E-state index >= 15 is 0 Å². The summed E-state index contributed by atoms with van der Waals surface area (Å²) in [6.45, 7) is 4.98. The van der Waals surface area contributed by atoms with Crippen LogP contribution in [0.25, 0.3) is 10.9 Å². The van der Waals surface area contributed by atoms with E-state index in [0.29, 0.717) is 0 Å². The molecule has 0 bridgehead atoms. The van der Waals surface area contributed by atoms with Crippen molar-refractivity contribution in [2.75, 3.05) is 0 Å². The van der Waals surface area contributed by atoms with E-state index in [0.717, 1.165) is 24.5 Å². The molecule has 3 aromatic rings. The summed E-state index contributed by atoms with van der Waals surface area (Å²) in [7, 11) is 0. The minimum absolute atomic E-state index is 0.800. The van der Waals surface area contributed by atoms with Gasteiger partial charge in [-0.3, -0.25) is 0 Å². The molecule has 0 N–H and O–H groups in total. The van der Waals surface area contributed by atoms with Crippen molar-refractivity contribution in [3.8, 4) is 0 Å². The van der Waals surface area contributed by atoms with Crippen LogP contribution in [0.5, 0.6) is 0 Å². The van der Waals surface area contributed by atoms with E-state index in [2.05, 4.69) is 48.0 Å². The fourth-order valence-corrected chi connectivity index (χ4v) is 2.50. The van der Waals surface area contributed by atoms with Crippen LogP contribution in [-0.4, -0.2) is 4.57 Å². The number of hydrogen-bond acceptors (Lipinski definition) is 1. The summed E-state index contributed by atoms with van der Waals surface area (Å²) in [5.41, 5.74) is 2.72. The molecule has 1 aromatic carbocycles. The summed E-state index contributed by atoms with van der Waals surface area (Å²) in [6.07, 6.45) is 3.19. The Hall–Kier alpha value is -1.96. The third kappa shape index (κ3) is 1.84. The molecule has 3 rings (SSSR count). The largest absolute Gasteiger partial charge is 0.464 e. The van der Waals surface area contributed by atoms with Crippen LogP contribution in [0, 0.1) is 6.92 Å². The summed E-state index contributed by atoms with van der Waals surface area (Å²) < 4.78 is 7.93. The Morgan fingerprint density at radius 3 is 2.72 bits per heavy atom. The highest BCUT2D eigenvalue weighted by molar-refractivity contribution is 5.83. The van der Waals surface area contributed by atoms with Gasteiger partial charge in [-0.2, -0.15) is 0 Å². The Balaban J connectivity index is 2.06. The molecule has 92 valence electrons. The van der Waals surface area contributed by atoms with Crippen LogP contribution in [0.4, 0.5) is 0 Å². The van der Waals surface area contributed by atoms with Crippen LogP contribution in [0.15, 0.2) is 47.0 Å². The second-order valence-corrected chi connectivity index (χ2v) is 4.66. The van der Waals surface area contributed by atoms with Crippen molar-refractivity contribution < 1.29 is 4.42 Å². The Morgan fingerprint density at radius 1 is 1.11 bits per heavy atom. The number of hydrogen-bond donors (Lipinski definition) is 0. The van der Waals surface area contributed by atoms with E-state index < -0.39 is 0 Å². The number of nitrogens with zero attached hydrogens (tertiary/aromatic N) is 1. The first-order valence-electron chi connectivity index (χ1n) is 6.40. The van der Waals surface area contributed by atoms with E-state index in [1.54, 1.807) is 0 Å². The van der Waals surface area contributed by atoms with Crippen molar-refractivity contribution in [2.24, 2.45) is 0 Å². The summed E-state index contributed by atoms with van der Waals surface area (Å²) >= 11 is 0. The average Bonchev–Trinajstić information content (AvgIpc) is 2.97. The molecule has 0 amide bonds. The quantitative estimate of drug-likeness (QED) is 0.671. The topological polar surface area (TPSA) is 18.1 Å². The van der Waals surface area contributed by atoms with Gasteiger partial charge in [-0.05, 0) is 42.5 Å². The van der Waals surface area contributed by atoms with Gasteiger partial charge >= 0.3 is 0 Å². The number of rotatable bonds is 3. The van der Waals surface area contributed by atoms with Gasteiger partial charge in [0.15, 0.2) is 0 Å². The molecule has 2 nitrogen and oxygen atoms in total. The van der Waals surface area contributed by atoms with Crippen LogP contribution >= 0.6 is 0 Å². The number of furan rings is 1. The van der Waals surface area contributed by atoms with Crippen LogP contribution < -0.4 is 0 Å². The number of fused-ring (bicyclic) bond motifs is 1. The smallest absolute Gasteiger partial charge is 0.123 e. The van der Waals surface area contributed by atoms with Crippen LogP contribution in [0.2, 0.25) is 0 Å². The maximum absolute atomic E-state index is 5.66. The zero-order valence-electron chi connectivity index (χ0n) is 10.8. The molecule has 18 heavy (non-hydrogen) atoms. The third-order valence-corrected chi connectivity index (χ3v) is 3.38. The van der Waals surface area contributed by atoms with Crippen LogP contribution in [-0.2, 0) is 13.0 Å². The molecular weight excluding hydrogens is 222 g/mol. The summed E-state index contributed by atoms with van der Waals surface area (Å²) in [4.78, 5) is 0. The van der Waals surface area contributed by atoms with Crippen LogP contribution in [0.3, 0.4) is 0 Å². The average molecular weight is 239 g/mol. The predicted molar refractivity (Wildman–Crippen MR) is 73.9 cm³/mol. The third-order valence-electron chi connectivity index (χ3n) is 3.38. The molecule has 2 heterocycles. The normalized spacial score (nSPS) is 11.2. The van der Waals surface area contributed by atoms with E-state index in [4.69, 9.17) is 4.42 Å². The standard InChI is InChI=1S/C16H17NO/c1-3-13-5-4-6-14-9-10-17(16(13)14)11-15-8-7-12(2)18-15/h4-10H,3,11H2,1-2H3. The molecule has 0 radical (unpaired) electrons. The lowest BCUT2D eigenvalue weighted by atomic mass is 10.1. The first-order valence-corrected chi connectivity index (χ1v) is 6.40. The second kappa shape index (κ2) is 4.37. The molecule has 0 fully saturated rings. The summed E-state index contributed by atoms with van der Waals surface area (Å²) in [5, 5.41) is 1.30. The highest BCUT2D eigenvalue weighted by Crippen LogP contribution is 2.22. The van der Waals surface area contributed by atoms with Crippen molar-refractivity contribution in [3.05, 3.63) is 59.7 Å². The summed E-state index contributed by atoms with van der Waals surface area (Å²) in [6, 6.07) is 12.7. The minimum atomic E-state index is 0.800. The molecule has 0 unspecified atom stereocenters. The zero-order chi connectivity index (χ0) is 12.5. The van der Waals surface area contributed by atoms with Crippen molar-refractivity contribution in [2.45, 2.75) is 26.8 Å². The van der Waals surface area contributed by atoms with Crippen molar-refractivity contribution in [1.29, 1.82) is 0 Å². The minimum Gasteiger partial charge on any atom is -0.464 e. The molecule has 0 saturated carbocycles. The molecule has 0 aliphatic carbocycles. The monoisotopic (exact) mass is 239 g/mol. The lowest BCUT2D eigenvalue weighted by molar-refractivity contribution is 0.472. The Morgan fingerprint density at radius 2 is 2.00 bits per heavy atom.